The van der Waals surface area contributed by atoms with Crippen molar-refractivity contribution < 1.29 is 9.59 Å². The number of fused-ring (bicyclic) bond motifs is 1. The quantitative estimate of drug-likeness (QED) is 0.355. The van der Waals surface area contributed by atoms with Crippen LogP contribution in [0.2, 0.25) is 0 Å². The number of nitrogens with zero attached hydrogens (tertiary/aromatic N) is 1. The number of benzene rings is 4. The summed E-state index contributed by atoms with van der Waals surface area (Å²) in [7, 11) is 3.52. The third-order valence-electron chi connectivity index (χ3n) is 6.60. The molecule has 2 amide bonds. The van der Waals surface area contributed by atoms with Crippen LogP contribution < -0.4 is 10.6 Å². The number of hydrogen-bond donors (Lipinski definition) is 2. The van der Waals surface area contributed by atoms with Gasteiger partial charge >= 0.3 is 0 Å². The van der Waals surface area contributed by atoms with Gasteiger partial charge in [0.2, 0.25) is 11.8 Å². The molecule has 4 rings (SSSR count). The molecule has 0 saturated carbocycles. The van der Waals surface area contributed by atoms with Gasteiger partial charge in [-0.1, -0.05) is 103 Å². The molecule has 0 heterocycles. The van der Waals surface area contributed by atoms with E-state index in [1.54, 1.807) is 19.0 Å². The zero-order chi connectivity index (χ0) is 25.3. The van der Waals surface area contributed by atoms with Crippen LogP contribution in [0.3, 0.4) is 0 Å². The van der Waals surface area contributed by atoms with Gasteiger partial charge in [-0.05, 0) is 40.9 Å². The van der Waals surface area contributed by atoms with Gasteiger partial charge in [0.15, 0.2) is 0 Å². The lowest BCUT2D eigenvalue weighted by molar-refractivity contribution is -0.140. The van der Waals surface area contributed by atoms with Crippen molar-refractivity contribution >= 4 is 22.6 Å². The highest BCUT2D eigenvalue weighted by molar-refractivity contribution is 5.90. The maximum atomic E-state index is 13.6. The molecule has 0 aromatic heterocycles. The van der Waals surface area contributed by atoms with E-state index in [0.29, 0.717) is 19.4 Å². The van der Waals surface area contributed by atoms with Gasteiger partial charge in [-0.15, -0.1) is 0 Å². The monoisotopic (exact) mass is 479 g/mol. The Bertz CT molecular complexity index is 1290. The Labute approximate surface area is 213 Å². The Morgan fingerprint density at radius 3 is 2.00 bits per heavy atom. The minimum atomic E-state index is -0.629. The lowest BCUT2D eigenvalue weighted by atomic mass is 9.99. The molecular weight excluding hydrogens is 446 g/mol. The average molecular weight is 480 g/mol. The first-order valence-corrected chi connectivity index (χ1v) is 12.3. The Kier molecular flexibility index (Phi) is 8.48. The van der Waals surface area contributed by atoms with Gasteiger partial charge < -0.3 is 15.5 Å². The third kappa shape index (κ3) is 6.37. The van der Waals surface area contributed by atoms with Crippen molar-refractivity contribution in [1.29, 1.82) is 0 Å². The molecule has 5 heteroatoms. The van der Waals surface area contributed by atoms with Crippen molar-refractivity contribution in [3.05, 3.63) is 120 Å². The summed E-state index contributed by atoms with van der Waals surface area (Å²) in [5, 5.41) is 8.52. The van der Waals surface area contributed by atoms with E-state index in [9.17, 15) is 9.59 Å². The predicted molar refractivity (Wildman–Crippen MR) is 145 cm³/mol. The molecule has 0 unspecified atom stereocenters. The van der Waals surface area contributed by atoms with Crippen LogP contribution in [-0.2, 0) is 29.0 Å². The maximum absolute atomic E-state index is 13.6. The highest BCUT2D eigenvalue weighted by Gasteiger charge is 2.31. The SMILES string of the molecule is CN[C@H](Cc1ccc2ccccc2c1)C(=O)N(C)[C@H](Cc1ccccc1)C(=O)NCc1ccccc1. The van der Waals surface area contributed by atoms with Gasteiger partial charge in [0.1, 0.15) is 6.04 Å². The van der Waals surface area contributed by atoms with Gasteiger partial charge in [0, 0.05) is 20.0 Å². The molecule has 2 atom stereocenters. The van der Waals surface area contributed by atoms with Gasteiger partial charge in [0.25, 0.3) is 0 Å². The Balaban J connectivity index is 1.51. The van der Waals surface area contributed by atoms with Gasteiger partial charge in [-0.25, -0.2) is 0 Å². The number of carbonyl (C=O) groups is 2. The van der Waals surface area contributed by atoms with E-state index in [1.165, 1.54) is 5.39 Å². The molecule has 0 aliphatic carbocycles. The fourth-order valence-electron chi connectivity index (χ4n) is 4.46. The van der Waals surface area contributed by atoms with Crippen LogP contribution in [0, 0.1) is 0 Å². The van der Waals surface area contributed by atoms with Crippen LogP contribution in [0.1, 0.15) is 16.7 Å². The number of nitrogens with one attached hydrogen (secondary N) is 2. The number of likely N-dealkylation sites (N-methyl/N-ethyl adjacent to an activating group) is 2. The van der Waals surface area contributed by atoms with E-state index in [-0.39, 0.29) is 11.8 Å². The molecule has 0 radical (unpaired) electrons. The highest BCUT2D eigenvalue weighted by atomic mass is 16.2. The van der Waals surface area contributed by atoms with Crippen molar-refractivity contribution in [1.82, 2.24) is 15.5 Å². The molecular formula is C31H33N3O2. The Morgan fingerprint density at radius 2 is 1.33 bits per heavy atom. The summed E-state index contributed by atoms with van der Waals surface area (Å²) in [6, 6.07) is 33.0. The average Bonchev–Trinajstić information content (AvgIpc) is 2.93. The summed E-state index contributed by atoms with van der Waals surface area (Å²) in [5.74, 6) is -0.277. The number of rotatable bonds is 10. The van der Waals surface area contributed by atoms with E-state index < -0.39 is 12.1 Å². The normalized spacial score (nSPS) is 12.6. The number of amides is 2. The molecule has 0 saturated heterocycles. The maximum Gasteiger partial charge on any atom is 0.243 e. The van der Waals surface area contributed by atoms with Gasteiger partial charge in [-0.2, -0.15) is 0 Å². The third-order valence-corrected chi connectivity index (χ3v) is 6.60. The zero-order valence-corrected chi connectivity index (χ0v) is 20.9. The summed E-state index contributed by atoms with van der Waals surface area (Å²) in [4.78, 5) is 28.6. The van der Waals surface area contributed by atoms with Crippen LogP contribution in [0.5, 0.6) is 0 Å². The molecule has 4 aromatic rings. The fourth-order valence-corrected chi connectivity index (χ4v) is 4.46. The first kappa shape index (κ1) is 25.1. The molecule has 184 valence electrons. The fraction of sp³-hybridized carbons (Fsp3) is 0.226. The molecule has 0 aliphatic heterocycles. The van der Waals surface area contributed by atoms with Crippen molar-refractivity contribution in [3.63, 3.8) is 0 Å². The topological polar surface area (TPSA) is 61.4 Å². The molecule has 4 aromatic carbocycles. The summed E-state index contributed by atoms with van der Waals surface area (Å²) in [6.45, 7) is 0.416. The zero-order valence-electron chi connectivity index (χ0n) is 20.9. The second-order valence-electron chi connectivity index (χ2n) is 9.08. The Morgan fingerprint density at radius 1 is 0.722 bits per heavy atom. The van der Waals surface area contributed by atoms with Crippen LogP contribution in [0.15, 0.2) is 103 Å². The van der Waals surface area contributed by atoms with E-state index >= 15 is 0 Å². The molecule has 0 bridgehead atoms. The van der Waals surface area contributed by atoms with Crippen molar-refractivity contribution in [3.8, 4) is 0 Å². The molecule has 0 spiro atoms. The van der Waals surface area contributed by atoms with Crippen LogP contribution in [0.25, 0.3) is 10.8 Å². The second kappa shape index (κ2) is 12.1. The summed E-state index contributed by atoms with van der Waals surface area (Å²) in [5.41, 5.74) is 3.10. The van der Waals surface area contributed by atoms with Gasteiger partial charge in [0.05, 0.1) is 6.04 Å². The van der Waals surface area contributed by atoms with Crippen molar-refractivity contribution in [2.75, 3.05) is 14.1 Å². The standard InChI is InChI=1S/C31H33N3O2/c1-32-28(20-25-17-18-26-15-9-10-16-27(26)19-25)31(36)34(2)29(21-23-11-5-3-6-12-23)30(35)33-22-24-13-7-4-8-14-24/h3-19,28-29,32H,20-22H2,1-2H3,(H,33,35)/t28-,29-/m1/s1. The minimum absolute atomic E-state index is 0.110. The lowest BCUT2D eigenvalue weighted by Crippen LogP contribution is -2.54. The largest absolute Gasteiger partial charge is 0.350 e. The van der Waals surface area contributed by atoms with E-state index in [4.69, 9.17) is 0 Å². The van der Waals surface area contributed by atoms with Crippen LogP contribution in [0.4, 0.5) is 0 Å². The second-order valence-corrected chi connectivity index (χ2v) is 9.08. The van der Waals surface area contributed by atoms with Crippen molar-refractivity contribution in [2.45, 2.75) is 31.5 Å². The number of hydrogen-bond acceptors (Lipinski definition) is 3. The molecule has 5 nitrogen and oxygen atoms in total. The molecule has 2 N–H and O–H groups in total. The number of carbonyl (C=O) groups excluding carboxylic acids is 2. The van der Waals surface area contributed by atoms with E-state index in [2.05, 4.69) is 41.0 Å². The summed E-state index contributed by atoms with van der Waals surface area (Å²) < 4.78 is 0. The summed E-state index contributed by atoms with van der Waals surface area (Å²) >= 11 is 0. The van der Waals surface area contributed by atoms with Crippen LogP contribution in [-0.4, -0.2) is 42.9 Å². The van der Waals surface area contributed by atoms with E-state index in [1.807, 2.05) is 72.8 Å². The summed E-state index contributed by atoms with van der Waals surface area (Å²) in [6.07, 6.45) is 0.976. The lowest BCUT2D eigenvalue weighted by Gasteiger charge is -2.31. The first-order valence-electron chi connectivity index (χ1n) is 12.3. The molecule has 0 fully saturated rings. The minimum Gasteiger partial charge on any atom is -0.350 e. The first-order chi connectivity index (χ1) is 17.5. The Hall–Kier alpha value is -3.96. The van der Waals surface area contributed by atoms with Gasteiger partial charge in [-0.3, -0.25) is 9.59 Å². The van der Waals surface area contributed by atoms with Crippen molar-refractivity contribution in [2.24, 2.45) is 0 Å². The molecule has 36 heavy (non-hydrogen) atoms. The van der Waals surface area contributed by atoms with E-state index in [0.717, 1.165) is 22.1 Å². The van der Waals surface area contributed by atoms with Crippen LogP contribution >= 0.6 is 0 Å². The highest BCUT2D eigenvalue weighted by Crippen LogP contribution is 2.18. The smallest absolute Gasteiger partial charge is 0.243 e. The predicted octanol–water partition coefficient (Wildman–Crippen LogP) is 4.36. The molecule has 0 aliphatic rings.